The molecule has 1 aromatic carbocycles. The van der Waals surface area contributed by atoms with Gasteiger partial charge in [-0.15, -0.1) is 5.10 Å². The molecule has 0 aliphatic carbocycles. The van der Waals surface area contributed by atoms with Crippen molar-refractivity contribution in [2.24, 2.45) is 0 Å². The van der Waals surface area contributed by atoms with Gasteiger partial charge in [-0.25, -0.2) is 4.68 Å². The Morgan fingerprint density at radius 2 is 2.04 bits per heavy atom. The first-order chi connectivity index (χ1) is 12.0. The van der Waals surface area contributed by atoms with Gasteiger partial charge < -0.3 is 9.64 Å². The molecule has 0 N–H and O–H groups in total. The number of benzene rings is 1. The number of aryl methyl sites for hydroxylation is 3. The molecule has 0 bridgehead atoms. The van der Waals surface area contributed by atoms with E-state index in [0.29, 0.717) is 19.6 Å². The quantitative estimate of drug-likeness (QED) is 0.840. The summed E-state index contributed by atoms with van der Waals surface area (Å²) in [5, 5.41) is 8.20. The molecule has 0 spiro atoms. The van der Waals surface area contributed by atoms with Crippen LogP contribution in [0.3, 0.4) is 0 Å². The highest BCUT2D eigenvalue weighted by Crippen LogP contribution is 2.30. The van der Waals surface area contributed by atoms with Crippen LogP contribution in [-0.2, 0) is 22.6 Å². The molecule has 1 saturated heterocycles. The van der Waals surface area contributed by atoms with Crippen LogP contribution in [0.1, 0.15) is 40.4 Å². The second-order valence-corrected chi connectivity index (χ2v) is 7.27. The van der Waals surface area contributed by atoms with Crippen LogP contribution in [0, 0.1) is 20.8 Å². The Morgan fingerprint density at radius 1 is 1.28 bits per heavy atom. The second kappa shape index (κ2) is 6.26. The third-order valence-electron chi connectivity index (χ3n) is 5.45. The molecule has 6 heteroatoms. The number of nitrogens with zero attached hydrogens (tertiary/aromatic N) is 4. The molecular weight excluding hydrogens is 316 g/mol. The molecule has 2 aliphatic heterocycles. The topological polar surface area (TPSA) is 60.3 Å². The number of rotatable bonds is 2. The Kier molecular flexibility index (Phi) is 4.07. The Balaban J connectivity index is 1.51. The molecule has 25 heavy (non-hydrogen) atoms. The van der Waals surface area contributed by atoms with E-state index in [1.165, 1.54) is 16.7 Å². The van der Waals surface area contributed by atoms with E-state index in [9.17, 15) is 4.79 Å². The SMILES string of the molecule is Cc1cc(C)c(CC(=O)N2CC[C@@H]3OCc4cnnn4[C@@H]3C2)c(C)c1. The largest absolute Gasteiger partial charge is 0.370 e. The van der Waals surface area contributed by atoms with Gasteiger partial charge in [0.15, 0.2) is 0 Å². The number of amides is 1. The molecule has 2 atom stereocenters. The summed E-state index contributed by atoms with van der Waals surface area (Å²) in [6.45, 7) is 8.22. The Hall–Kier alpha value is -2.21. The normalized spacial score (nSPS) is 22.4. The number of hydrogen-bond donors (Lipinski definition) is 0. The molecule has 1 fully saturated rings. The lowest BCUT2D eigenvalue weighted by Crippen LogP contribution is -2.50. The maximum absolute atomic E-state index is 12.9. The van der Waals surface area contributed by atoms with E-state index in [0.717, 1.165) is 24.2 Å². The Morgan fingerprint density at radius 3 is 2.80 bits per heavy atom. The number of fused-ring (bicyclic) bond motifs is 3. The third-order valence-corrected chi connectivity index (χ3v) is 5.45. The summed E-state index contributed by atoms with van der Waals surface area (Å²) >= 11 is 0. The summed E-state index contributed by atoms with van der Waals surface area (Å²) in [5.74, 6) is 0.181. The van der Waals surface area contributed by atoms with Crippen LogP contribution >= 0.6 is 0 Å². The Bertz CT molecular complexity index is 791. The summed E-state index contributed by atoms with van der Waals surface area (Å²) in [6.07, 6.45) is 3.18. The highest BCUT2D eigenvalue weighted by Gasteiger charge is 2.37. The van der Waals surface area contributed by atoms with Crippen LogP contribution in [0.4, 0.5) is 0 Å². The number of aromatic nitrogens is 3. The summed E-state index contributed by atoms with van der Waals surface area (Å²) in [7, 11) is 0. The molecule has 4 rings (SSSR count). The number of ether oxygens (including phenoxy) is 1. The number of likely N-dealkylation sites (tertiary alicyclic amines) is 1. The number of hydrogen-bond acceptors (Lipinski definition) is 4. The van der Waals surface area contributed by atoms with Gasteiger partial charge in [0.05, 0.1) is 37.1 Å². The van der Waals surface area contributed by atoms with Crippen LogP contribution in [0.25, 0.3) is 0 Å². The molecule has 0 unspecified atom stereocenters. The molecule has 6 nitrogen and oxygen atoms in total. The van der Waals surface area contributed by atoms with Gasteiger partial charge in [-0.1, -0.05) is 22.9 Å². The average molecular weight is 340 g/mol. The molecule has 3 heterocycles. The van der Waals surface area contributed by atoms with Crippen LogP contribution < -0.4 is 0 Å². The van der Waals surface area contributed by atoms with E-state index in [1.807, 2.05) is 9.58 Å². The van der Waals surface area contributed by atoms with Crippen LogP contribution in [0.5, 0.6) is 0 Å². The van der Waals surface area contributed by atoms with Gasteiger partial charge in [-0.3, -0.25) is 4.79 Å². The van der Waals surface area contributed by atoms with Gasteiger partial charge in [0.1, 0.15) is 0 Å². The zero-order valence-electron chi connectivity index (χ0n) is 15.0. The first kappa shape index (κ1) is 16.3. The van der Waals surface area contributed by atoms with Crippen molar-refractivity contribution in [3.05, 3.63) is 46.3 Å². The Labute approximate surface area is 147 Å². The molecule has 0 saturated carbocycles. The van der Waals surface area contributed by atoms with Crippen molar-refractivity contribution < 1.29 is 9.53 Å². The van der Waals surface area contributed by atoms with E-state index >= 15 is 0 Å². The van der Waals surface area contributed by atoms with Crippen molar-refractivity contribution in [1.82, 2.24) is 19.9 Å². The summed E-state index contributed by atoms with van der Waals surface area (Å²) < 4.78 is 7.87. The number of carbonyl (C=O) groups excluding carboxylic acids is 1. The average Bonchev–Trinajstić information content (AvgIpc) is 3.06. The van der Waals surface area contributed by atoms with E-state index in [-0.39, 0.29) is 18.1 Å². The summed E-state index contributed by atoms with van der Waals surface area (Å²) in [5.41, 5.74) is 5.77. The maximum Gasteiger partial charge on any atom is 0.227 e. The van der Waals surface area contributed by atoms with E-state index in [4.69, 9.17) is 4.74 Å². The van der Waals surface area contributed by atoms with Crippen LogP contribution in [0.15, 0.2) is 18.3 Å². The molecule has 1 aromatic heterocycles. The standard InChI is InChI=1S/C19H24N4O2/c1-12-6-13(2)16(14(3)7-12)8-19(24)22-5-4-18-17(10-22)23-15(11-25-18)9-20-21-23/h6-7,9,17-18H,4-5,8,10-11H2,1-3H3/t17-,18+/m1/s1. The van der Waals surface area contributed by atoms with Crippen molar-refractivity contribution in [2.75, 3.05) is 13.1 Å². The van der Waals surface area contributed by atoms with Crippen LogP contribution in [0.2, 0.25) is 0 Å². The lowest BCUT2D eigenvalue weighted by atomic mass is 9.95. The zero-order valence-corrected chi connectivity index (χ0v) is 15.0. The van der Waals surface area contributed by atoms with Gasteiger partial charge in [0.2, 0.25) is 5.91 Å². The van der Waals surface area contributed by atoms with Crippen molar-refractivity contribution in [2.45, 2.75) is 52.4 Å². The lowest BCUT2D eigenvalue weighted by Gasteiger charge is -2.41. The van der Waals surface area contributed by atoms with Gasteiger partial charge in [0, 0.05) is 13.1 Å². The van der Waals surface area contributed by atoms with E-state index in [2.05, 4.69) is 43.2 Å². The highest BCUT2D eigenvalue weighted by molar-refractivity contribution is 5.79. The molecule has 1 amide bonds. The van der Waals surface area contributed by atoms with Gasteiger partial charge >= 0.3 is 0 Å². The molecule has 132 valence electrons. The third kappa shape index (κ3) is 2.95. The first-order valence-electron chi connectivity index (χ1n) is 8.88. The minimum absolute atomic E-state index is 0.0733. The maximum atomic E-state index is 12.9. The van der Waals surface area contributed by atoms with Crippen molar-refractivity contribution >= 4 is 5.91 Å². The number of piperidine rings is 1. The summed E-state index contributed by atoms with van der Waals surface area (Å²) in [4.78, 5) is 14.9. The predicted molar refractivity (Wildman–Crippen MR) is 93.2 cm³/mol. The molecule has 0 radical (unpaired) electrons. The molecular formula is C19H24N4O2. The first-order valence-corrected chi connectivity index (χ1v) is 8.88. The molecule has 2 aromatic rings. The van der Waals surface area contributed by atoms with Crippen molar-refractivity contribution in [3.8, 4) is 0 Å². The van der Waals surface area contributed by atoms with Crippen molar-refractivity contribution in [1.29, 1.82) is 0 Å². The van der Waals surface area contributed by atoms with Crippen LogP contribution in [-0.4, -0.2) is 45.0 Å². The fourth-order valence-electron chi connectivity index (χ4n) is 4.16. The van der Waals surface area contributed by atoms with Crippen molar-refractivity contribution in [3.63, 3.8) is 0 Å². The molecule has 2 aliphatic rings. The highest BCUT2D eigenvalue weighted by atomic mass is 16.5. The van der Waals surface area contributed by atoms with Gasteiger partial charge in [0.25, 0.3) is 0 Å². The van der Waals surface area contributed by atoms with E-state index < -0.39 is 0 Å². The minimum atomic E-state index is 0.0733. The van der Waals surface area contributed by atoms with Gasteiger partial charge in [-0.05, 0) is 43.9 Å². The summed E-state index contributed by atoms with van der Waals surface area (Å²) in [6, 6.07) is 4.38. The lowest BCUT2D eigenvalue weighted by molar-refractivity contribution is -0.137. The smallest absolute Gasteiger partial charge is 0.227 e. The fourth-order valence-corrected chi connectivity index (χ4v) is 4.16. The monoisotopic (exact) mass is 340 g/mol. The zero-order chi connectivity index (χ0) is 17.6. The van der Waals surface area contributed by atoms with Gasteiger partial charge in [-0.2, -0.15) is 0 Å². The predicted octanol–water partition coefficient (Wildman–Crippen LogP) is 2.12. The number of carbonyl (C=O) groups is 1. The minimum Gasteiger partial charge on any atom is -0.370 e. The second-order valence-electron chi connectivity index (χ2n) is 7.27. The van der Waals surface area contributed by atoms with E-state index in [1.54, 1.807) is 6.20 Å². The fraction of sp³-hybridized carbons (Fsp3) is 0.526.